The Bertz CT molecular complexity index is 742. The average molecular weight is 323 g/mol. The van der Waals surface area contributed by atoms with Crippen molar-refractivity contribution in [2.24, 2.45) is 5.92 Å². The molecule has 1 N–H and O–H groups in total. The molecule has 7 heteroatoms. The molecule has 2 aliphatic rings. The highest BCUT2D eigenvalue weighted by molar-refractivity contribution is 7.91. The minimum absolute atomic E-state index is 0.0139. The van der Waals surface area contributed by atoms with Gasteiger partial charge in [-0.15, -0.1) is 0 Å². The van der Waals surface area contributed by atoms with Crippen molar-refractivity contribution in [3.8, 4) is 0 Å². The van der Waals surface area contributed by atoms with Crippen LogP contribution in [0.1, 0.15) is 30.1 Å². The first-order valence-electron chi connectivity index (χ1n) is 7.23. The Balaban J connectivity index is 1.93. The molecule has 1 saturated heterocycles. The lowest BCUT2D eigenvalue weighted by molar-refractivity contribution is -0.141. The van der Waals surface area contributed by atoms with Gasteiger partial charge in [0.1, 0.15) is 6.04 Å². The van der Waals surface area contributed by atoms with E-state index in [1.165, 1.54) is 29.2 Å². The van der Waals surface area contributed by atoms with E-state index in [-0.39, 0.29) is 28.2 Å². The summed E-state index contributed by atoms with van der Waals surface area (Å²) in [5.74, 6) is -1.17. The topological polar surface area (TPSA) is 91.8 Å². The van der Waals surface area contributed by atoms with Crippen LogP contribution in [0.5, 0.6) is 0 Å². The van der Waals surface area contributed by atoms with Gasteiger partial charge >= 0.3 is 5.97 Å². The zero-order valence-electron chi connectivity index (χ0n) is 12.1. The second-order valence-electron chi connectivity index (χ2n) is 5.80. The summed E-state index contributed by atoms with van der Waals surface area (Å²) in [7, 11) is -3.40. The summed E-state index contributed by atoms with van der Waals surface area (Å²) >= 11 is 0. The van der Waals surface area contributed by atoms with Crippen LogP contribution in [0.3, 0.4) is 0 Å². The minimum atomic E-state index is -3.40. The van der Waals surface area contributed by atoms with Gasteiger partial charge in [0.2, 0.25) is 0 Å². The maximum Gasteiger partial charge on any atom is 0.326 e. The smallest absolute Gasteiger partial charge is 0.326 e. The number of nitrogens with zero attached hydrogens (tertiary/aromatic N) is 1. The van der Waals surface area contributed by atoms with Crippen LogP contribution >= 0.6 is 0 Å². The molecular weight excluding hydrogens is 306 g/mol. The number of carboxylic acid groups (broad SMARTS) is 1. The summed E-state index contributed by atoms with van der Waals surface area (Å²) in [5, 5.41) is 9.25. The molecule has 1 aliphatic heterocycles. The van der Waals surface area contributed by atoms with Crippen molar-refractivity contribution in [2.75, 3.05) is 5.75 Å². The number of hydrogen-bond acceptors (Lipinski definition) is 4. The number of amides is 1. The summed E-state index contributed by atoms with van der Waals surface area (Å²) in [6, 6.07) is 5.03. The third kappa shape index (κ3) is 2.39. The zero-order valence-corrected chi connectivity index (χ0v) is 12.9. The molecule has 0 radical (unpaired) electrons. The van der Waals surface area contributed by atoms with E-state index in [0.717, 1.165) is 6.42 Å². The molecule has 22 heavy (non-hydrogen) atoms. The second kappa shape index (κ2) is 5.08. The van der Waals surface area contributed by atoms with Crippen molar-refractivity contribution < 1.29 is 23.1 Å². The molecular formula is C15H17NO5S. The SMILES string of the molecule is CCS(=O)(=O)c1cccc(C(=O)N2[C@@H](C(=O)O)C[C@H]3C[C@H]32)c1. The van der Waals surface area contributed by atoms with Gasteiger partial charge in [-0.2, -0.15) is 0 Å². The number of aliphatic carboxylic acids is 1. The van der Waals surface area contributed by atoms with Crippen LogP contribution in [0.4, 0.5) is 0 Å². The van der Waals surface area contributed by atoms with Crippen LogP contribution in [-0.4, -0.2) is 48.1 Å². The van der Waals surface area contributed by atoms with Gasteiger partial charge in [-0.25, -0.2) is 13.2 Å². The third-order valence-corrected chi connectivity index (χ3v) is 6.18. The number of piperidine rings is 1. The van der Waals surface area contributed by atoms with E-state index in [2.05, 4.69) is 0 Å². The molecule has 1 aromatic rings. The van der Waals surface area contributed by atoms with Gasteiger partial charge in [0.25, 0.3) is 5.91 Å². The number of carboxylic acids is 1. The van der Waals surface area contributed by atoms with E-state index in [9.17, 15) is 23.1 Å². The molecule has 2 fully saturated rings. The van der Waals surface area contributed by atoms with Gasteiger partial charge in [-0.05, 0) is 37.0 Å². The monoisotopic (exact) mass is 323 g/mol. The predicted molar refractivity (Wildman–Crippen MR) is 78.3 cm³/mol. The maximum atomic E-state index is 12.6. The van der Waals surface area contributed by atoms with Gasteiger partial charge < -0.3 is 10.0 Å². The molecule has 3 rings (SSSR count). The van der Waals surface area contributed by atoms with Crippen LogP contribution in [-0.2, 0) is 14.6 Å². The van der Waals surface area contributed by atoms with Gasteiger partial charge in [0.15, 0.2) is 9.84 Å². The van der Waals surface area contributed by atoms with Crippen LogP contribution in [0.25, 0.3) is 0 Å². The lowest BCUT2D eigenvalue weighted by Crippen LogP contribution is -2.43. The number of rotatable bonds is 4. The van der Waals surface area contributed by atoms with E-state index in [4.69, 9.17) is 0 Å². The Hall–Kier alpha value is -1.89. The molecule has 0 aromatic heterocycles. The fourth-order valence-corrected chi connectivity index (χ4v) is 4.03. The molecule has 1 amide bonds. The van der Waals surface area contributed by atoms with Crippen molar-refractivity contribution >= 4 is 21.7 Å². The number of likely N-dealkylation sites (tertiary alicyclic amines) is 1. The summed E-state index contributed by atoms with van der Waals surface area (Å²) in [6.07, 6.45) is 1.32. The molecule has 1 saturated carbocycles. The highest BCUT2D eigenvalue weighted by Crippen LogP contribution is 2.48. The van der Waals surface area contributed by atoms with Crippen LogP contribution in [0.15, 0.2) is 29.2 Å². The summed E-state index contributed by atoms with van der Waals surface area (Å²) in [5.41, 5.74) is 0.230. The molecule has 1 aromatic carbocycles. The number of fused-ring (bicyclic) bond motifs is 1. The lowest BCUT2D eigenvalue weighted by Gasteiger charge is -2.24. The van der Waals surface area contributed by atoms with E-state index in [0.29, 0.717) is 6.42 Å². The quantitative estimate of drug-likeness (QED) is 0.898. The molecule has 0 spiro atoms. The Morgan fingerprint density at radius 2 is 2.05 bits per heavy atom. The van der Waals surface area contributed by atoms with Crippen molar-refractivity contribution in [2.45, 2.75) is 36.7 Å². The Labute approximate surface area is 128 Å². The largest absolute Gasteiger partial charge is 0.480 e. The lowest BCUT2D eigenvalue weighted by atomic mass is 10.1. The minimum Gasteiger partial charge on any atom is -0.480 e. The molecule has 0 unspecified atom stereocenters. The van der Waals surface area contributed by atoms with Gasteiger partial charge in [-0.1, -0.05) is 13.0 Å². The summed E-state index contributed by atoms with van der Waals surface area (Å²) in [6.45, 7) is 1.54. The van der Waals surface area contributed by atoms with Crippen molar-refractivity contribution in [3.05, 3.63) is 29.8 Å². The highest BCUT2D eigenvalue weighted by atomic mass is 32.2. The van der Waals surface area contributed by atoms with E-state index >= 15 is 0 Å². The first-order valence-corrected chi connectivity index (χ1v) is 8.88. The molecule has 3 atom stereocenters. The van der Waals surface area contributed by atoms with E-state index < -0.39 is 27.8 Å². The standard InChI is InChI=1S/C15H17NO5S/c1-2-22(20,21)11-5-3-4-9(6-11)14(17)16-12-7-10(12)8-13(16)15(18)19/h3-6,10,12-13H,2,7-8H2,1H3,(H,18,19)/t10-,12-,13-/m1/s1. The first-order chi connectivity index (χ1) is 10.3. The van der Waals surface area contributed by atoms with E-state index in [1.54, 1.807) is 6.92 Å². The van der Waals surface area contributed by atoms with Gasteiger partial charge in [0, 0.05) is 11.6 Å². The number of hydrogen-bond donors (Lipinski definition) is 1. The van der Waals surface area contributed by atoms with Crippen molar-refractivity contribution in [1.29, 1.82) is 0 Å². The Morgan fingerprint density at radius 3 is 2.68 bits per heavy atom. The normalized spacial score (nSPS) is 26.6. The molecule has 1 heterocycles. The number of sulfone groups is 1. The maximum absolute atomic E-state index is 12.6. The van der Waals surface area contributed by atoms with Gasteiger partial charge in [0.05, 0.1) is 10.6 Å². The Kier molecular flexibility index (Phi) is 3.47. The van der Waals surface area contributed by atoms with Crippen molar-refractivity contribution in [3.63, 3.8) is 0 Å². The third-order valence-electron chi connectivity index (χ3n) is 4.44. The Morgan fingerprint density at radius 1 is 1.32 bits per heavy atom. The molecule has 1 aliphatic carbocycles. The predicted octanol–water partition coefficient (Wildman–Crippen LogP) is 1.17. The van der Waals surface area contributed by atoms with Gasteiger partial charge in [-0.3, -0.25) is 4.79 Å². The molecule has 118 valence electrons. The van der Waals surface area contributed by atoms with Crippen LogP contribution in [0.2, 0.25) is 0 Å². The number of carbonyl (C=O) groups excluding carboxylic acids is 1. The van der Waals surface area contributed by atoms with Crippen LogP contribution in [0, 0.1) is 5.92 Å². The molecule has 6 nitrogen and oxygen atoms in total. The highest BCUT2D eigenvalue weighted by Gasteiger charge is 2.56. The fourth-order valence-electron chi connectivity index (χ4n) is 3.11. The number of carbonyl (C=O) groups is 2. The average Bonchev–Trinajstić information content (AvgIpc) is 3.17. The first kappa shape index (κ1) is 15.0. The van der Waals surface area contributed by atoms with E-state index in [1.807, 2.05) is 0 Å². The summed E-state index contributed by atoms with van der Waals surface area (Å²) < 4.78 is 23.8. The molecule has 0 bridgehead atoms. The number of benzene rings is 1. The summed E-state index contributed by atoms with van der Waals surface area (Å²) in [4.78, 5) is 25.4. The second-order valence-corrected chi connectivity index (χ2v) is 8.07. The zero-order chi connectivity index (χ0) is 16.1. The fraction of sp³-hybridized carbons (Fsp3) is 0.467. The van der Waals surface area contributed by atoms with Crippen molar-refractivity contribution in [1.82, 2.24) is 4.90 Å². The van der Waals surface area contributed by atoms with Crippen LogP contribution < -0.4 is 0 Å².